The average Bonchev–Trinajstić information content (AvgIpc) is 3.03. The maximum atomic E-state index is 13.2. The number of carbonyl (C=O) groups is 1. The Morgan fingerprint density at radius 3 is 2.52 bits per heavy atom. The van der Waals surface area contributed by atoms with Gasteiger partial charge >= 0.3 is 11.7 Å². The summed E-state index contributed by atoms with van der Waals surface area (Å²) in [5.41, 5.74) is 0.471. The summed E-state index contributed by atoms with van der Waals surface area (Å²) in [6.45, 7) is 2.20. The van der Waals surface area contributed by atoms with Crippen molar-refractivity contribution < 1.29 is 9.53 Å². The van der Waals surface area contributed by atoms with Crippen molar-refractivity contribution >= 4 is 40.3 Å². The summed E-state index contributed by atoms with van der Waals surface area (Å²) in [6, 6.07) is 4.99. The monoisotopic (exact) mass is 464 g/mol. The quantitative estimate of drug-likeness (QED) is 0.541. The number of halogens is 2. The van der Waals surface area contributed by atoms with Crippen molar-refractivity contribution in [2.75, 3.05) is 6.61 Å². The van der Waals surface area contributed by atoms with E-state index in [0.717, 1.165) is 4.57 Å². The van der Waals surface area contributed by atoms with Crippen LogP contribution in [0.1, 0.15) is 37.1 Å². The van der Waals surface area contributed by atoms with Gasteiger partial charge in [-0.2, -0.15) is 0 Å². The van der Waals surface area contributed by atoms with Gasteiger partial charge in [-0.3, -0.25) is 18.7 Å². The molecule has 0 N–H and O–H groups in total. The van der Waals surface area contributed by atoms with Gasteiger partial charge in [-0.25, -0.2) is 9.78 Å². The summed E-state index contributed by atoms with van der Waals surface area (Å²) < 4.78 is 9.35. The second kappa shape index (κ2) is 8.16. The predicted octanol–water partition coefficient (Wildman–Crippen LogP) is 2.85. The van der Waals surface area contributed by atoms with E-state index in [0.29, 0.717) is 52.0 Å². The maximum absolute atomic E-state index is 13.2. The Morgan fingerprint density at radius 1 is 1.16 bits per heavy atom. The summed E-state index contributed by atoms with van der Waals surface area (Å²) in [5.74, 6) is 0.369. The number of fused-ring (bicyclic) bond motifs is 1. The van der Waals surface area contributed by atoms with Crippen LogP contribution >= 0.6 is 23.2 Å². The van der Waals surface area contributed by atoms with Gasteiger partial charge in [0.1, 0.15) is 5.82 Å². The summed E-state index contributed by atoms with van der Waals surface area (Å²) >= 11 is 12.0. The first-order valence-corrected chi connectivity index (χ1v) is 10.7. The summed E-state index contributed by atoms with van der Waals surface area (Å²) in [4.78, 5) is 42.6. The Hall–Kier alpha value is -2.58. The van der Waals surface area contributed by atoms with Crippen molar-refractivity contribution in [3.05, 3.63) is 60.5 Å². The standard InChI is InChI=1S/C21H22Cl2N4O4/c1-4-31-20(29)13-8-12(9-13)17-24-18-16(25(17)2)19(28)27(21(30)26(18)3)10-11-5-6-14(22)15(23)7-11/h5-7,12-13H,4,8-10H2,1-3H3. The molecule has 2 heterocycles. The Kier molecular flexibility index (Phi) is 5.70. The summed E-state index contributed by atoms with van der Waals surface area (Å²) in [6.07, 6.45) is 1.23. The van der Waals surface area contributed by atoms with Gasteiger partial charge in [-0.15, -0.1) is 0 Å². The molecule has 8 nitrogen and oxygen atoms in total. The molecule has 0 unspecified atom stereocenters. The Bertz CT molecular complexity index is 1300. The van der Waals surface area contributed by atoms with Gasteiger partial charge in [0.15, 0.2) is 11.2 Å². The van der Waals surface area contributed by atoms with E-state index in [1.165, 1.54) is 4.57 Å². The van der Waals surface area contributed by atoms with E-state index in [2.05, 4.69) is 4.98 Å². The van der Waals surface area contributed by atoms with E-state index in [-0.39, 0.29) is 24.3 Å². The minimum Gasteiger partial charge on any atom is -0.466 e. The van der Waals surface area contributed by atoms with E-state index in [1.807, 2.05) is 0 Å². The zero-order valence-electron chi connectivity index (χ0n) is 17.4. The van der Waals surface area contributed by atoms with Gasteiger partial charge in [-0.1, -0.05) is 29.3 Å². The lowest BCUT2D eigenvalue weighted by Crippen LogP contribution is -2.39. The number of hydrogen-bond donors (Lipinski definition) is 0. The number of ether oxygens (including phenoxy) is 1. The van der Waals surface area contributed by atoms with Gasteiger partial charge < -0.3 is 9.30 Å². The summed E-state index contributed by atoms with van der Waals surface area (Å²) in [5, 5.41) is 0.757. The van der Waals surface area contributed by atoms with Crippen LogP contribution in [0, 0.1) is 5.92 Å². The van der Waals surface area contributed by atoms with Crippen LogP contribution in [-0.4, -0.2) is 31.3 Å². The number of imidazole rings is 1. The zero-order chi connectivity index (χ0) is 22.4. The number of rotatable bonds is 5. The van der Waals surface area contributed by atoms with Crippen molar-refractivity contribution in [1.29, 1.82) is 0 Å². The average molecular weight is 465 g/mol. The first-order valence-electron chi connectivity index (χ1n) is 9.99. The van der Waals surface area contributed by atoms with E-state index < -0.39 is 11.2 Å². The molecule has 31 heavy (non-hydrogen) atoms. The molecule has 10 heteroatoms. The molecule has 2 aromatic heterocycles. The van der Waals surface area contributed by atoms with Gasteiger partial charge in [-0.05, 0) is 37.5 Å². The smallest absolute Gasteiger partial charge is 0.332 e. The molecule has 3 aromatic rings. The van der Waals surface area contributed by atoms with Crippen LogP contribution in [0.15, 0.2) is 27.8 Å². The van der Waals surface area contributed by atoms with Crippen molar-refractivity contribution in [3.63, 3.8) is 0 Å². The van der Waals surface area contributed by atoms with E-state index in [9.17, 15) is 14.4 Å². The van der Waals surface area contributed by atoms with E-state index >= 15 is 0 Å². The van der Waals surface area contributed by atoms with E-state index in [4.69, 9.17) is 27.9 Å². The normalized spacial score (nSPS) is 18.2. The van der Waals surface area contributed by atoms with Crippen LogP contribution in [0.25, 0.3) is 11.2 Å². The molecule has 0 aliphatic heterocycles. The van der Waals surface area contributed by atoms with Gasteiger partial charge in [0.25, 0.3) is 5.56 Å². The molecule has 0 bridgehead atoms. The van der Waals surface area contributed by atoms with Crippen LogP contribution in [0.2, 0.25) is 10.0 Å². The minimum absolute atomic E-state index is 0.0322. The molecule has 1 aromatic carbocycles. The highest BCUT2D eigenvalue weighted by Crippen LogP contribution is 2.42. The van der Waals surface area contributed by atoms with Crippen molar-refractivity contribution in [2.45, 2.75) is 32.2 Å². The Labute approximate surface area is 188 Å². The largest absolute Gasteiger partial charge is 0.466 e. The van der Waals surface area contributed by atoms with Crippen molar-refractivity contribution in [2.24, 2.45) is 20.0 Å². The zero-order valence-corrected chi connectivity index (χ0v) is 18.9. The van der Waals surface area contributed by atoms with Crippen LogP contribution in [0.4, 0.5) is 0 Å². The molecule has 1 aliphatic carbocycles. The van der Waals surface area contributed by atoms with Gasteiger partial charge in [0.05, 0.1) is 29.1 Å². The molecule has 0 saturated heterocycles. The van der Waals surface area contributed by atoms with Crippen molar-refractivity contribution in [1.82, 2.24) is 18.7 Å². The number of aromatic nitrogens is 4. The van der Waals surface area contributed by atoms with E-state index in [1.54, 1.807) is 43.8 Å². The Morgan fingerprint density at radius 2 is 1.87 bits per heavy atom. The molecule has 0 spiro atoms. The molecule has 0 radical (unpaired) electrons. The fourth-order valence-electron chi connectivity index (χ4n) is 4.07. The highest BCUT2D eigenvalue weighted by molar-refractivity contribution is 6.42. The SMILES string of the molecule is CCOC(=O)C1CC(c2nc3c(c(=O)n(Cc4ccc(Cl)c(Cl)c4)c(=O)n3C)n2C)C1. The lowest BCUT2D eigenvalue weighted by Gasteiger charge is -2.32. The highest BCUT2D eigenvalue weighted by Gasteiger charge is 2.39. The number of aryl methyl sites for hydroxylation is 2. The second-order valence-corrected chi connectivity index (χ2v) is 8.61. The fraction of sp³-hybridized carbons (Fsp3) is 0.429. The van der Waals surface area contributed by atoms with Crippen LogP contribution in [-0.2, 0) is 30.2 Å². The van der Waals surface area contributed by atoms with Crippen molar-refractivity contribution in [3.8, 4) is 0 Å². The molecule has 0 atom stereocenters. The second-order valence-electron chi connectivity index (χ2n) is 7.80. The van der Waals surface area contributed by atoms with Gasteiger partial charge in [0, 0.05) is 20.0 Å². The molecule has 164 valence electrons. The Balaban J connectivity index is 1.72. The first-order chi connectivity index (χ1) is 14.7. The molecule has 1 fully saturated rings. The number of hydrogen-bond acceptors (Lipinski definition) is 5. The number of nitrogens with zero attached hydrogens (tertiary/aromatic N) is 4. The predicted molar refractivity (Wildman–Crippen MR) is 118 cm³/mol. The topological polar surface area (TPSA) is 88.1 Å². The third-order valence-corrected chi connectivity index (χ3v) is 6.58. The number of benzene rings is 1. The molecular weight excluding hydrogens is 443 g/mol. The van der Waals surface area contributed by atoms with Crippen LogP contribution < -0.4 is 11.2 Å². The first kappa shape index (κ1) is 21.6. The molecule has 1 saturated carbocycles. The molecular formula is C21H22Cl2N4O4. The third kappa shape index (κ3) is 3.68. The van der Waals surface area contributed by atoms with Crippen LogP contribution in [0.3, 0.4) is 0 Å². The molecule has 4 rings (SSSR count). The van der Waals surface area contributed by atoms with Crippen LogP contribution in [0.5, 0.6) is 0 Å². The molecule has 1 aliphatic rings. The third-order valence-electron chi connectivity index (χ3n) is 5.84. The van der Waals surface area contributed by atoms with Gasteiger partial charge in [0.2, 0.25) is 0 Å². The molecule has 0 amide bonds. The summed E-state index contributed by atoms with van der Waals surface area (Å²) in [7, 11) is 3.35. The minimum atomic E-state index is -0.466. The fourth-order valence-corrected chi connectivity index (χ4v) is 4.39. The lowest BCUT2D eigenvalue weighted by atomic mass is 9.74. The lowest BCUT2D eigenvalue weighted by molar-refractivity contribution is -0.151. The maximum Gasteiger partial charge on any atom is 0.332 e. The highest BCUT2D eigenvalue weighted by atomic mass is 35.5. The number of esters is 1. The number of carbonyl (C=O) groups excluding carboxylic acids is 1.